The molecule has 69 heavy (non-hydrogen) atoms. The van der Waals surface area contributed by atoms with E-state index in [1.807, 2.05) is 72.8 Å². The van der Waals surface area contributed by atoms with Crippen LogP contribution in [0.15, 0.2) is 147 Å². The second-order valence-corrected chi connectivity index (χ2v) is 20.6. The van der Waals surface area contributed by atoms with Gasteiger partial charge in [-0.1, -0.05) is 118 Å². The zero-order valence-corrected chi connectivity index (χ0v) is 44.2. The molecule has 0 aliphatic rings. The molecule has 0 aliphatic heterocycles. The van der Waals surface area contributed by atoms with Crippen LogP contribution in [0.3, 0.4) is 0 Å². The molecule has 16 heteroatoms. The Kier molecular flexibility index (Phi) is 24.5. The summed E-state index contributed by atoms with van der Waals surface area (Å²) in [6.45, 7) is 13.1. The van der Waals surface area contributed by atoms with Crippen molar-refractivity contribution < 1.29 is 23.5 Å². The van der Waals surface area contributed by atoms with E-state index < -0.39 is 5.82 Å². The highest BCUT2D eigenvalue weighted by molar-refractivity contribution is 7.99. The molecule has 0 saturated carbocycles. The Morgan fingerprint density at radius 3 is 1.49 bits per heavy atom. The lowest BCUT2D eigenvalue weighted by Gasteiger charge is -2.13. The Bertz CT molecular complexity index is 2800. The number of halogens is 5. The molecule has 1 N–H and O–H groups in total. The monoisotopic (exact) mass is 1060 g/mol. The maximum absolute atomic E-state index is 12.4. The molecule has 6 aromatic carbocycles. The minimum Gasteiger partial charge on any atom is -0.507 e. The summed E-state index contributed by atoms with van der Waals surface area (Å²) >= 11 is 28.9. The average molecular weight is 1070 g/mol. The maximum Gasteiger partial charge on any atom is 0.241 e. The topological polar surface area (TPSA) is 125 Å². The van der Waals surface area contributed by atoms with Gasteiger partial charge in [0.25, 0.3) is 0 Å². The van der Waals surface area contributed by atoms with Gasteiger partial charge in [-0.2, -0.15) is 15.5 Å². The number of nitrogens with zero attached hydrogens (tertiary/aromatic N) is 4. The quantitative estimate of drug-likeness (QED) is 0.0779. The third kappa shape index (κ3) is 19.7. The van der Waals surface area contributed by atoms with E-state index in [0.717, 1.165) is 49.0 Å². The summed E-state index contributed by atoms with van der Waals surface area (Å²) in [6, 6.07) is 41.5. The summed E-state index contributed by atoms with van der Waals surface area (Å²) in [5, 5.41) is 31.4. The van der Waals surface area contributed by atoms with Crippen LogP contribution >= 0.6 is 81.7 Å². The van der Waals surface area contributed by atoms with E-state index in [1.54, 1.807) is 71.7 Å². The number of ether oxygens (including phenoxy) is 2. The zero-order chi connectivity index (χ0) is 50.3. The first-order chi connectivity index (χ1) is 33.1. The predicted molar refractivity (Wildman–Crippen MR) is 284 cm³/mol. The first-order valence-corrected chi connectivity index (χ1v) is 26.2. The molecule has 8 nitrogen and oxygen atoms in total. The van der Waals surface area contributed by atoms with Crippen molar-refractivity contribution in [2.45, 2.75) is 62.1 Å². The van der Waals surface area contributed by atoms with Crippen molar-refractivity contribution in [3.63, 3.8) is 0 Å². The van der Waals surface area contributed by atoms with E-state index in [1.165, 1.54) is 18.2 Å². The Labute approximate surface area is 437 Å². The lowest BCUT2D eigenvalue weighted by Crippen LogP contribution is -1.93. The summed E-state index contributed by atoms with van der Waals surface area (Å²) in [6.07, 6.45) is 0. The number of aromatic hydroxyl groups is 1. The molecule has 1 aromatic heterocycles. The van der Waals surface area contributed by atoms with Gasteiger partial charge in [-0.05, 0) is 109 Å². The van der Waals surface area contributed by atoms with Crippen molar-refractivity contribution in [3.05, 3.63) is 165 Å². The number of aromatic nitrogens is 2. The smallest absolute Gasteiger partial charge is 0.241 e. The van der Waals surface area contributed by atoms with Crippen LogP contribution in [-0.4, -0.2) is 32.5 Å². The number of nitriles is 2. The van der Waals surface area contributed by atoms with Crippen LogP contribution in [0.4, 0.5) is 4.39 Å². The van der Waals surface area contributed by atoms with Gasteiger partial charge in [0.2, 0.25) is 11.7 Å². The molecule has 360 valence electrons. The second kappa shape index (κ2) is 29.9. The predicted octanol–water partition coefficient (Wildman–Crippen LogP) is 17.9. The summed E-state index contributed by atoms with van der Waals surface area (Å²) < 4.78 is 29.4. The average Bonchev–Trinajstić information content (AvgIpc) is 3.83. The zero-order valence-electron chi connectivity index (χ0n) is 38.8. The van der Waals surface area contributed by atoms with Crippen LogP contribution in [0, 0.1) is 46.2 Å². The molecule has 7 aromatic rings. The number of hydrogen-bond acceptors (Lipinski definition) is 11. The van der Waals surface area contributed by atoms with Gasteiger partial charge >= 0.3 is 0 Å². The van der Waals surface area contributed by atoms with E-state index in [4.69, 9.17) is 70.9 Å². The van der Waals surface area contributed by atoms with Crippen LogP contribution in [0.5, 0.6) is 28.7 Å². The number of para-hydroxylation sites is 3. The second-order valence-electron chi connectivity index (χ2n) is 16.0. The van der Waals surface area contributed by atoms with E-state index in [2.05, 4.69) is 63.8 Å². The molecular formula is C53H51Cl4FN4O4S3. The molecule has 0 unspecified atom stereocenters. The van der Waals surface area contributed by atoms with Gasteiger partial charge in [0.1, 0.15) is 40.4 Å². The number of thioether (sulfide) groups is 3. The molecule has 0 radical (unpaired) electrons. The number of rotatable bonds is 15. The van der Waals surface area contributed by atoms with Crippen molar-refractivity contribution in [2.75, 3.05) is 17.3 Å². The summed E-state index contributed by atoms with van der Waals surface area (Å²) in [4.78, 5) is 7.35. The molecule has 7 rings (SSSR count). The normalized spacial score (nSPS) is 10.5. The van der Waals surface area contributed by atoms with Crippen molar-refractivity contribution >= 4 is 81.7 Å². The minimum atomic E-state index is -0.499. The largest absolute Gasteiger partial charge is 0.507 e. The molecular weight excluding hydrogens is 1010 g/mol. The summed E-state index contributed by atoms with van der Waals surface area (Å²) in [7, 11) is 0. The van der Waals surface area contributed by atoms with Crippen molar-refractivity contribution in [1.82, 2.24) is 10.1 Å². The minimum absolute atomic E-state index is 0.0148. The van der Waals surface area contributed by atoms with Crippen molar-refractivity contribution in [3.8, 4) is 52.3 Å². The fourth-order valence-electron chi connectivity index (χ4n) is 5.26. The first-order valence-electron chi connectivity index (χ1n) is 21.5. The number of phenols is 1. The van der Waals surface area contributed by atoms with Gasteiger partial charge in [-0.15, -0.1) is 46.9 Å². The number of phenolic OH excluding ortho intramolecular Hbond substituents is 1. The Morgan fingerprint density at radius 2 is 1.04 bits per heavy atom. The molecule has 1 heterocycles. The lowest BCUT2D eigenvalue weighted by molar-refractivity contribution is 0.391. The van der Waals surface area contributed by atoms with E-state index in [0.29, 0.717) is 67.9 Å². The van der Waals surface area contributed by atoms with Gasteiger partial charge < -0.3 is 19.1 Å². The first kappa shape index (κ1) is 56.6. The highest BCUT2D eigenvalue weighted by Crippen LogP contribution is 2.39. The Morgan fingerprint density at radius 1 is 0.594 bits per heavy atom. The molecule has 0 aliphatic carbocycles. The molecule has 0 bridgehead atoms. The number of hydrogen-bond donors (Lipinski definition) is 1. The van der Waals surface area contributed by atoms with Crippen LogP contribution in [0.2, 0.25) is 15.1 Å². The van der Waals surface area contributed by atoms with Crippen molar-refractivity contribution in [1.29, 1.82) is 10.5 Å². The van der Waals surface area contributed by atoms with E-state index >= 15 is 0 Å². The SMILES string of the molecule is CC(C)CSc1ccccc1O.CC(C)CSc1ccccc1Oc1ccc(-c2noc(CCl)n2)cc1Cl.CC(C)CSc1ccccc1Oc1ccc(C#N)cc1Cl.N#Cc1ccc(F)c(Cl)c1. The fourth-order valence-corrected chi connectivity index (χ4v) is 8.77. The third-order valence-electron chi connectivity index (χ3n) is 8.60. The standard InChI is InChI=1S/C19H18Cl2N2O2S.C17H16ClNOS.C10H14OS.C7H3ClFN/c1-12(2)11-26-17-6-4-3-5-16(17)24-15-8-7-13(9-14(15)21)19-22-18(10-20)25-23-19;1-12(2)11-21-17-6-4-3-5-16(17)20-15-8-7-13(10-19)9-14(15)18;1-8(2)7-12-10-6-4-3-5-9(10)11;8-6-3-5(4-10)1-2-7(6)9/h3-9,12H,10-11H2,1-2H3;3-9,12H,11H2,1-2H3;3-6,8,11H,7H2,1-2H3;1-3H. The third-order valence-corrected chi connectivity index (χ3v) is 14.2. The van der Waals surface area contributed by atoms with Crippen molar-refractivity contribution in [2.24, 2.45) is 17.8 Å². The van der Waals surface area contributed by atoms with Crippen LogP contribution in [-0.2, 0) is 5.88 Å². The van der Waals surface area contributed by atoms with E-state index in [9.17, 15) is 9.50 Å². The molecule has 0 saturated heterocycles. The van der Waals surface area contributed by atoms with Gasteiger partial charge in [0.05, 0.1) is 48.1 Å². The number of alkyl halides is 1. The van der Waals surface area contributed by atoms with Crippen LogP contribution in [0.1, 0.15) is 58.6 Å². The summed E-state index contributed by atoms with van der Waals surface area (Å²) in [5.74, 6) is 8.58. The lowest BCUT2D eigenvalue weighted by atomic mass is 10.2. The van der Waals surface area contributed by atoms with Gasteiger partial charge in [0.15, 0.2) is 0 Å². The van der Waals surface area contributed by atoms with Gasteiger partial charge in [0, 0.05) is 27.7 Å². The van der Waals surface area contributed by atoms with E-state index in [-0.39, 0.29) is 10.9 Å². The van der Waals surface area contributed by atoms with Crippen LogP contribution < -0.4 is 9.47 Å². The summed E-state index contributed by atoms with van der Waals surface area (Å²) in [5.41, 5.74) is 1.63. The maximum atomic E-state index is 12.4. The van der Waals surface area contributed by atoms with Gasteiger partial charge in [-0.25, -0.2) is 4.39 Å². The fraction of sp³-hybridized carbons (Fsp3) is 0.245. The molecule has 0 atom stereocenters. The highest BCUT2D eigenvalue weighted by atomic mass is 35.5. The molecule has 0 amide bonds. The molecule has 0 spiro atoms. The Hall–Kier alpha value is -5.02. The molecule has 0 fully saturated rings. The number of benzene rings is 6. The highest BCUT2D eigenvalue weighted by Gasteiger charge is 2.14. The van der Waals surface area contributed by atoms with Gasteiger partial charge in [-0.3, -0.25) is 0 Å². The van der Waals surface area contributed by atoms with Crippen LogP contribution in [0.25, 0.3) is 11.4 Å². The Balaban J connectivity index is 0.000000214.